The van der Waals surface area contributed by atoms with Crippen LogP contribution in [-0.2, 0) is 11.3 Å². The Balaban J connectivity index is 1.87. The van der Waals surface area contributed by atoms with Gasteiger partial charge in [0.15, 0.2) is 0 Å². The molecule has 1 aromatic carbocycles. The molecule has 1 fully saturated rings. The van der Waals surface area contributed by atoms with Gasteiger partial charge in [-0.3, -0.25) is 0 Å². The average Bonchev–Trinajstić information content (AvgIpc) is 2.91. The van der Waals surface area contributed by atoms with Crippen LogP contribution < -0.4 is 14.8 Å². The molecule has 0 bridgehead atoms. The number of hydrogen-bond donors (Lipinski definition) is 1. The summed E-state index contributed by atoms with van der Waals surface area (Å²) < 4.78 is 16.2. The van der Waals surface area contributed by atoms with Crippen LogP contribution in [0.3, 0.4) is 0 Å². The first-order valence-electron chi connectivity index (χ1n) is 6.32. The highest BCUT2D eigenvalue weighted by Gasteiger charge is 2.14. The summed E-state index contributed by atoms with van der Waals surface area (Å²) in [5.41, 5.74) is 1.08. The van der Waals surface area contributed by atoms with Crippen molar-refractivity contribution in [1.82, 2.24) is 5.32 Å². The lowest BCUT2D eigenvalue weighted by Gasteiger charge is -2.11. The molecule has 0 aromatic heterocycles. The van der Waals surface area contributed by atoms with Gasteiger partial charge in [0.05, 0.1) is 27.4 Å². The fraction of sp³-hybridized carbons (Fsp3) is 0.571. The Morgan fingerprint density at radius 2 is 1.89 bits per heavy atom. The smallest absolute Gasteiger partial charge is 0.122 e. The maximum absolute atomic E-state index is 5.75. The molecule has 1 aliphatic heterocycles. The lowest BCUT2D eigenvalue weighted by Crippen LogP contribution is -2.13. The van der Waals surface area contributed by atoms with Gasteiger partial charge in [-0.15, -0.1) is 0 Å². The zero-order valence-electron chi connectivity index (χ0n) is 11.1. The van der Waals surface area contributed by atoms with Gasteiger partial charge < -0.3 is 19.5 Å². The molecule has 1 aliphatic rings. The first-order valence-corrected chi connectivity index (χ1v) is 6.32. The van der Waals surface area contributed by atoms with Gasteiger partial charge in [-0.05, 0) is 36.6 Å². The second-order valence-electron chi connectivity index (χ2n) is 4.59. The summed E-state index contributed by atoms with van der Waals surface area (Å²) >= 11 is 0. The summed E-state index contributed by atoms with van der Waals surface area (Å²) in [7, 11) is 3.31. The Kier molecular flexibility index (Phi) is 4.84. The first kappa shape index (κ1) is 13.2. The number of benzene rings is 1. The first-order chi connectivity index (χ1) is 8.81. The Labute approximate surface area is 108 Å². The number of methoxy groups -OCH3 is 2. The largest absolute Gasteiger partial charge is 0.497 e. The molecule has 100 valence electrons. The molecule has 0 spiro atoms. The number of rotatable bonds is 6. The quantitative estimate of drug-likeness (QED) is 0.837. The molecule has 0 amide bonds. The predicted molar refractivity (Wildman–Crippen MR) is 70.2 cm³/mol. The van der Waals surface area contributed by atoms with Crippen LogP contribution in [-0.4, -0.2) is 33.9 Å². The molecule has 1 atom stereocenters. The van der Waals surface area contributed by atoms with Crippen molar-refractivity contribution in [2.24, 2.45) is 5.92 Å². The highest BCUT2D eigenvalue weighted by molar-refractivity contribution is 5.38. The Bertz CT molecular complexity index is 353. The van der Waals surface area contributed by atoms with Crippen LogP contribution in [0, 0.1) is 5.92 Å². The Hall–Kier alpha value is -1.26. The maximum atomic E-state index is 5.75. The third-order valence-corrected chi connectivity index (χ3v) is 3.20. The second-order valence-corrected chi connectivity index (χ2v) is 4.59. The van der Waals surface area contributed by atoms with E-state index < -0.39 is 0 Å². The summed E-state index contributed by atoms with van der Waals surface area (Å²) in [5, 5.41) is 3.34. The van der Waals surface area contributed by atoms with Crippen molar-refractivity contribution in [2.45, 2.75) is 13.0 Å². The van der Waals surface area contributed by atoms with E-state index in [-0.39, 0.29) is 0 Å². The van der Waals surface area contributed by atoms with Crippen molar-refractivity contribution in [3.8, 4) is 11.5 Å². The van der Waals surface area contributed by atoms with Crippen molar-refractivity contribution in [2.75, 3.05) is 33.9 Å². The van der Waals surface area contributed by atoms with Crippen LogP contribution in [0.15, 0.2) is 18.2 Å². The normalized spacial score (nSPS) is 18.9. The molecule has 0 unspecified atom stereocenters. The van der Waals surface area contributed by atoms with Crippen LogP contribution >= 0.6 is 0 Å². The van der Waals surface area contributed by atoms with E-state index in [1.807, 2.05) is 18.2 Å². The van der Waals surface area contributed by atoms with Gasteiger partial charge in [0.2, 0.25) is 0 Å². The van der Waals surface area contributed by atoms with Gasteiger partial charge in [0.25, 0.3) is 0 Å². The molecular weight excluding hydrogens is 230 g/mol. The molecule has 4 nitrogen and oxygen atoms in total. The van der Waals surface area contributed by atoms with E-state index in [0.29, 0.717) is 12.5 Å². The minimum Gasteiger partial charge on any atom is -0.497 e. The molecule has 1 heterocycles. The summed E-state index contributed by atoms with van der Waals surface area (Å²) in [5.74, 6) is 2.25. The minimum atomic E-state index is 0.601. The van der Waals surface area contributed by atoms with Gasteiger partial charge in [-0.2, -0.15) is 0 Å². The summed E-state index contributed by atoms with van der Waals surface area (Å²) in [6.07, 6.45) is 1.21. The van der Waals surface area contributed by atoms with E-state index in [1.54, 1.807) is 14.2 Å². The summed E-state index contributed by atoms with van der Waals surface area (Å²) in [6.45, 7) is 3.60. The molecule has 18 heavy (non-hydrogen) atoms. The molecular formula is C14H21NO3. The van der Waals surface area contributed by atoms with E-state index in [2.05, 4.69) is 5.32 Å². The average molecular weight is 251 g/mol. The summed E-state index contributed by atoms with van der Waals surface area (Å²) in [6, 6.07) is 5.83. The van der Waals surface area contributed by atoms with Crippen molar-refractivity contribution in [3.05, 3.63) is 23.8 Å². The number of nitrogens with one attached hydrogen (secondary N) is 1. The van der Waals surface area contributed by atoms with Gasteiger partial charge in [-0.1, -0.05) is 0 Å². The third-order valence-electron chi connectivity index (χ3n) is 3.20. The number of ether oxygens (including phenoxy) is 3. The fourth-order valence-electron chi connectivity index (χ4n) is 2.15. The van der Waals surface area contributed by atoms with Crippen molar-refractivity contribution in [3.63, 3.8) is 0 Å². The third kappa shape index (κ3) is 3.62. The van der Waals surface area contributed by atoms with Crippen LogP contribution in [0.4, 0.5) is 0 Å². The molecule has 1 saturated heterocycles. The second kappa shape index (κ2) is 6.61. The van der Waals surface area contributed by atoms with E-state index in [4.69, 9.17) is 14.2 Å². The standard InChI is InChI=1S/C14H21NO3/c1-16-13-5-12(6-14(7-13)17-2)10-18-9-11-3-4-15-8-11/h5-7,11,15H,3-4,8-10H2,1-2H3/t11-/m0/s1. The zero-order valence-corrected chi connectivity index (χ0v) is 11.1. The Morgan fingerprint density at radius 3 is 2.44 bits per heavy atom. The van der Waals surface area contributed by atoms with Gasteiger partial charge in [-0.25, -0.2) is 0 Å². The van der Waals surface area contributed by atoms with Gasteiger partial charge in [0.1, 0.15) is 11.5 Å². The molecule has 1 N–H and O–H groups in total. The SMILES string of the molecule is COc1cc(COC[C@H]2CCNC2)cc(OC)c1. The molecule has 1 aromatic rings. The highest BCUT2D eigenvalue weighted by Crippen LogP contribution is 2.23. The highest BCUT2D eigenvalue weighted by atomic mass is 16.5. The number of hydrogen-bond acceptors (Lipinski definition) is 4. The van der Waals surface area contributed by atoms with Crippen LogP contribution in [0.1, 0.15) is 12.0 Å². The molecule has 0 radical (unpaired) electrons. The van der Waals surface area contributed by atoms with Crippen molar-refractivity contribution >= 4 is 0 Å². The van der Waals surface area contributed by atoms with Crippen molar-refractivity contribution < 1.29 is 14.2 Å². The van der Waals surface area contributed by atoms with Crippen LogP contribution in [0.2, 0.25) is 0 Å². The molecule has 0 saturated carbocycles. The Morgan fingerprint density at radius 1 is 1.17 bits per heavy atom. The molecule has 0 aliphatic carbocycles. The van der Waals surface area contributed by atoms with Crippen LogP contribution in [0.25, 0.3) is 0 Å². The van der Waals surface area contributed by atoms with Crippen molar-refractivity contribution in [1.29, 1.82) is 0 Å². The molecule has 4 heteroatoms. The van der Waals surface area contributed by atoms with E-state index in [0.717, 1.165) is 36.8 Å². The topological polar surface area (TPSA) is 39.7 Å². The van der Waals surface area contributed by atoms with E-state index >= 15 is 0 Å². The predicted octanol–water partition coefficient (Wildman–Crippen LogP) is 1.83. The monoisotopic (exact) mass is 251 g/mol. The minimum absolute atomic E-state index is 0.601. The lowest BCUT2D eigenvalue weighted by atomic mass is 10.1. The zero-order chi connectivity index (χ0) is 12.8. The lowest BCUT2D eigenvalue weighted by molar-refractivity contribution is 0.0922. The van der Waals surface area contributed by atoms with E-state index in [1.165, 1.54) is 6.42 Å². The van der Waals surface area contributed by atoms with Gasteiger partial charge >= 0.3 is 0 Å². The summed E-state index contributed by atoms with van der Waals surface area (Å²) in [4.78, 5) is 0. The molecule has 2 rings (SSSR count). The van der Waals surface area contributed by atoms with Crippen LogP contribution in [0.5, 0.6) is 11.5 Å². The van der Waals surface area contributed by atoms with E-state index in [9.17, 15) is 0 Å². The fourth-order valence-corrected chi connectivity index (χ4v) is 2.15. The maximum Gasteiger partial charge on any atom is 0.122 e. The van der Waals surface area contributed by atoms with Gasteiger partial charge in [0, 0.05) is 12.6 Å².